The summed E-state index contributed by atoms with van der Waals surface area (Å²) in [7, 11) is 2.72. The molecule has 0 saturated carbocycles. The molecule has 4 rings (SSSR count). The van der Waals surface area contributed by atoms with Crippen LogP contribution in [-0.4, -0.2) is 61.6 Å². The first kappa shape index (κ1) is 33.3. The molecular weight excluding hydrogens is 568 g/mol. The molecule has 4 amide bonds. The summed E-state index contributed by atoms with van der Waals surface area (Å²) < 4.78 is 17.6. The standard InChI is InChI=1S/C37H44N2O6/c1-4-5-6-9-24-44-32-20-14-29(15-21-32)30-16-22-33(23-17-30)45-26-11-8-7-10-25-43-31-18-12-28(13-19-31)27-34-35(40)38(2)37(42)39(3)36(34)41/h12-23,27H,4-11,24-26H2,1-3H3. The number of benzene rings is 3. The number of imide groups is 2. The highest BCUT2D eigenvalue weighted by Crippen LogP contribution is 2.25. The summed E-state index contributed by atoms with van der Waals surface area (Å²) in [6.07, 6.45) is 10.3. The number of hydrogen-bond acceptors (Lipinski definition) is 6. The molecule has 8 heteroatoms. The van der Waals surface area contributed by atoms with Crippen molar-refractivity contribution in [1.82, 2.24) is 9.80 Å². The molecule has 1 aliphatic rings. The molecule has 0 radical (unpaired) electrons. The Bertz CT molecular complexity index is 1410. The Morgan fingerprint density at radius 2 is 0.911 bits per heavy atom. The molecule has 0 atom stereocenters. The van der Waals surface area contributed by atoms with E-state index in [0.717, 1.165) is 76.9 Å². The number of amides is 4. The molecule has 8 nitrogen and oxygen atoms in total. The van der Waals surface area contributed by atoms with Crippen molar-refractivity contribution >= 4 is 23.9 Å². The van der Waals surface area contributed by atoms with Crippen molar-refractivity contribution in [2.24, 2.45) is 0 Å². The van der Waals surface area contributed by atoms with Gasteiger partial charge in [-0.05, 0) is 91.3 Å². The number of ether oxygens (including phenoxy) is 3. The van der Waals surface area contributed by atoms with Crippen LogP contribution in [0.5, 0.6) is 17.2 Å². The zero-order valence-corrected chi connectivity index (χ0v) is 26.6. The SMILES string of the molecule is CCCCCCOc1ccc(-c2ccc(OCCCCCCOc3ccc(C=C4C(=O)N(C)C(=O)N(C)C4=O)cc3)cc2)cc1. The maximum atomic E-state index is 12.4. The Balaban J connectivity index is 1.09. The first-order chi connectivity index (χ1) is 21.9. The molecule has 0 N–H and O–H groups in total. The number of carbonyl (C=O) groups excluding carboxylic acids is 3. The average Bonchev–Trinajstić information content (AvgIpc) is 3.07. The Morgan fingerprint density at radius 1 is 0.533 bits per heavy atom. The van der Waals surface area contributed by atoms with Gasteiger partial charge in [0.15, 0.2) is 0 Å². The summed E-state index contributed by atoms with van der Waals surface area (Å²) in [4.78, 5) is 38.5. The normalized spacial score (nSPS) is 13.3. The van der Waals surface area contributed by atoms with Crippen LogP contribution < -0.4 is 14.2 Å². The Morgan fingerprint density at radius 3 is 1.31 bits per heavy atom. The van der Waals surface area contributed by atoms with Crippen molar-refractivity contribution in [2.45, 2.75) is 58.3 Å². The van der Waals surface area contributed by atoms with Gasteiger partial charge in [-0.3, -0.25) is 19.4 Å². The van der Waals surface area contributed by atoms with Crippen molar-refractivity contribution in [3.8, 4) is 28.4 Å². The molecule has 1 saturated heterocycles. The fourth-order valence-corrected chi connectivity index (χ4v) is 4.95. The van der Waals surface area contributed by atoms with Crippen molar-refractivity contribution in [2.75, 3.05) is 33.9 Å². The van der Waals surface area contributed by atoms with Gasteiger partial charge in [0.2, 0.25) is 0 Å². The van der Waals surface area contributed by atoms with Crippen molar-refractivity contribution in [1.29, 1.82) is 0 Å². The van der Waals surface area contributed by atoms with Gasteiger partial charge in [-0.2, -0.15) is 0 Å². The lowest BCUT2D eigenvalue weighted by Crippen LogP contribution is -2.52. The fourth-order valence-electron chi connectivity index (χ4n) is 4.95. The summed E-state index contributed by atoms with van der Waals surface area (Å²) in [6.45, 7) is 4.26. The highest BCUT2D eigenvalue weighted by atomic mass is 16.5. The lowest BCUT2D eigenvalue weighted by molar-refractivity contribution is -0.134. The molecule has 0 aromatic heterocycles. The average molecular weight is 613 g/mol. The van der Waals surface area contributed by atoms with Crippen LogP contribution in [0.4, 0.5) is 4.79 Å². The van der Waals surface area contributed by atoms with Crippen LogP contribution in [0.3, 0.4) is 0 Å². The van der Waals surface area contributed by atoms with Crippen molar-refractivity contribution < 1.29 is 28.6 Å². The van der Waals surface area contributed by atoms with E-state index in [4.69, 9.17) is 14.2 Å². The monoisotopic (exact) mass is 612 g/mol. The van der Waals surface area contributed by atoms with E-state index in [1.165, 1.54) is 39.4 Å². The van der Waals surface area contributed by atoms with E-state index in [2.05, 4.69) is 31.2 Å². The van der Waals surface area contributed by atoms with Crippen LogP contribution >= 0.6 is 0 Å². The van der Waals surface area contributed by atoms with Gasteiger partial charge in [0.25, 0.3) is 11.8 Å². The number of nitrogens with zero attached hydrogens (tertiary/aromatic N) is 2. The number of likely N-dealkylation sites (N-methyl/N-ethyl adjacent to an activating group) is 2. The van der Waals surface area contributed by atoms with E-state index in [-0.39, 0.29) is 5.57 Å². The first-order valence-electron chi connectivity index (χ1n) is 15.9. The molecule has 0 bridgehead atoms. The molecule has 1 aliphatic heterocycles. The molecule has 45 heavy (non-hydrogen) atoms. The number of carbonyl (C=O) groups is 3. The van der Waals surface area contributed by atoms with E-state index in [0.29, 0.717) is 18.8 Å². The van der Waals surface area contributed by atoms with E-state index in [1.807, 2.05) is 36.4 Å². The third kappa shape index (κ3) is 9.70. The van der Waals surface area contributed by atoms with Crippen LogP contribution in [-0.2, 0) is 9.59 Å². The second-order valence-corrected chi connectivity index (χ2v) is 11.2. The molecule has 1 heterocycles. The lowest BCUT2D eigenvalue weighted by Gasteiger charge is -2.28. The summed E-state index contributed by atoms with van der Waals surface area (Å²) >= 11 is 0. The summed E-state index contributed by atoms with van der Waals surface area (Å²) in [5, 5.41) is 0. The summed E-state index contributed by atoms with van der Waals surface area (Å²) in [5.74, 6) is 1.29. The van der Waals surface area contributed by atoms with Crippen LogP contribution in [0.1, 0.15) is 63.9 Å². The number of barbiturate groups is 1. The van der Waals surface area contributed by atoms with Crippen LogP contribution in [0, 0.1) is 0 Å². The Hall–Kier alpha value is -4.59. The number of unbranched alkanes of at least 4 members (excludes halogenated alkanes) is 6. The van der Waals surface area contributed by atoms with Gasteiger partial charge in [-0.15, -0.1) is 0 Å². The zero-order chi connectivity index (χ0) is 32.0. The summed E-state index contributed by atoms with van der Waals surface area (Å²) in [6, 6.07) is 23.0. The van der Waals surface area contributed by atoms with Gasteiger partial charge in [-0.1, -0.05) is 62.6 Å². The minimum atomic E-state index is -0.638. The second-order valence-electron chi connectivity index (χ2n) is 11.2. The van der Waals surface area contributed by atoms with Gasteiger partial charge in [-0.25, -0.2) is 4.79 Å². The third-order valence-electron chi connectivity index (χ3n) is 7.72. The highest BCUT2D eigenvalue weighted by molar-refractivity contribution is 6.30. The fraction of sp³-hybridized carbons (Fsp3) is 0.378. The zero-order valence-electron chi connectivity index (χ0n) is 26.6. The van der Waals surface area contributed by atoms with Gasteiger partial charge < -0.3 is 14.2 Å². The molecule has 238 valence electrons. The highest BCUT2D eigenvalue weighted by Gasteiger charge is 2.37. The molecule has 0 spiro atoms. The lowest BCUT2D eigenvalue weighted by atomic mass is 10.1. The molecule has 0 aliphatic carbocycles. The Labute approximate surface area is 266 Å². The number of hydrogen-bond donors (Lipinski definition) is 0. The van der Waals surface area contributed by atoms with Gasteiger partial charge in [0.05, 0.1) is 19.8 Å². The molecule has 0 unspecified atom stereocenters. The van der Waals surface area contributed by atoms with Gasteiger partial charge in [0, 0.05) is 14.1 Å². The predicted octanol–water partition coefficient (Wildman–Crippen LogP) is 7.76. The molecule has 3 aromatic rings. The Kier molecular flexibility index (Phi) is 12.6. The predicted molar refractivity (Wildman–Crippen MR) is 176 cm³/mol. The van der Waals surface area contributed by atoms with E-state index in [9.17, 15) is 14.4 Å². The number of rotatable bonds is 17. The molecule has 3 aromatic carbocycles. The molecule has 1 fully saturated rings. The summed E-state index contributed by atoms with van der Waals surface area (Å²) in [5.41, 5.74) is 2.94. The van der Waals surface area contributed by atoms with Crippen molar-refractivity contribution in [3.05, 3.63) is 83.9 Å². The second kappa shape index (κ2) is 17.0. The minimum Gasteiger partial charge on any atom is -0.494 e. The van der Waals surface area contributed by atoms with E-state index in [1.54, 1.807) is 12.1 Å². The largest absolute Gasteiger partial charge is 0.494 e. The quantitative estimate of drug-likeness (QED) is 0.0880. The first-order valence-corrected chi connectivity index (χ1v) is 15.9. The van der Waals surface area contributed by atoms with E-state index >= 15 is 0 Å². The maximum absolute atomic E-state index is 12.4. The van der Waals surface area contributed by atoms with Crippen LogP contribution in [0.15, 0.2) is 78.4 Å². The van der Waals surface area contributed by atoms with Gasteiger partial charge in [0.1, 0.15) is 22.8 Å². The number of urea groups is 1. The van der Waals surface area contributed by atoms with Crippen molar-refractivity contribution in [3.63, 3.8) is 0 Å². The third-order valence-corrected chi connectivity index (χ3v) is 7.72. The topological polar surface area (TPSA) is 85.4 Å². The van der Waals surface area contributed by atoms with Gasteiger partial charge >= 0.3 is 6.03 Å². The maximum Gasteiger partial charge on any atom is 0.333 e. The van der Waals surface area contributed by atoms with Crippen LogP contribution in [0.2, 0.25) is 0 Å². The molecular formula is C37H44N2O6. The van der Waals surface area contributed by atoms with Crippen LogP contribution in [0.25, 0.3) is 17.2 Å². The minimum absolute atomic E-state index is 0.0469. The smallest absolute Gasteiger partial charge is 0.333 e. The van der Waals surface area contributed by atoms with E-state index < -0.39 is 17.8 Å².